The van der Waals surface area contributed by atoms with Gasteiger partial charge in [0.15, 0.2) is 0 Å². The van der Waals surface area contributed by atoms with Crippen LogP contribution in [0.4, 0.5) is 4.39 Å². The van der Waals surface area contributed by atoms with Crippen molar-refractivity contribution < 1.29 is 19.1 Å². The van der Waals surface area contributed by atoms with Crippen molar-refractivity contribution in [3.05, 3.63) is 58.3 Å². The van der Waals surface area contributed by atoms with Crippen molar-refractivity contribution in [2.75, 3.05) is 0 Å². The number of carbonyl (C=O) groups is 2. The number of amides is 1. The molecule has 0 bridgehead atoms. The maximum atomic E-state index is 13.9. The normalized spacial score (nSPS) is 12.0. The maximum Gasteiger partial charge on any atom is 0.326 e. The van der Waals surface area contributed by atoms with Gasteiger partial charge in [-0.1, -0.05) is 26.0 Å². The summed E-state index contributed by atoms with van der Waals surface area (Å²) in [5.74, 6) is -2.53. The first-order chi connectivity index (χ1) is 11.8. The second-order valence-corrected chi connectivity index (χ2v) is 5.91. The Morgan fingerprint density at radius 2 is 1.92 bits per heavy atom. The zero-order valence-electron chi connectivity index (χ0n) is 13.8. The van der Waals surface area contributed by atoms with Crippen molar-refractivity contribution in [1.82, 2.24) is 15.1 Å². The van der Waals surface area contributed by atoms with Crippen LogP contribution in [0.1, 0.15) is 30.8 Å². The molecular weight excluding hydrogens is 329 g/mol. The highest BCUT2D eigenvalue weighted by Gasteiger charge is 2.23. The highest BCUT2D eigenvalue weighted by atomic mass is 19.1. The third-order valence-corrected chi connectivity index (χ3v) is 3.42. The molecule has 2 aromatic rings. The predicted octanol–water partition coefficient (Wildman–Crippen LogP) is 1.60. The third-order valence-electron chi connectivity index (χ3n) is 3.42. The Hall–Kier alpha value is -3.03. The molecule has 2 N–H and O–H groups in total. The molecule has 2 rings (SSSR count). The smallest absolute Gasteiger partial charge is 0.326 e. The summed E-state index contributed by atoms with van der Waals surface area (Å²) in [5, 5.41) is 15.4. The molecule has 0 saturated carbocycles. The molecule has 1 heterocycles. The monoisotopic (exact) mass is 347 g/mol. The fourth-order valence-corrected chi connectivity index (χ4v) is 2.25. The lowest BCUT2D eigenvalue weighted by Gasteiger charge is -2.16. The van der Waals surface area contributed by atoms with Gasteiger partial charge in [-0.3, -0.25) is 9.59 Å². The Kier molecular flexibility index (Phi) is 5.63. The second-order valence-electron chi connectivity index (χ2n) is 5.91. The molecule has 25 heavy (non-hydrogen) atoms. The molecule has 0 radical (unpaired) electrons. The number of nitrogens with one attached hydrogen (secondary N) is 1. The minimum Gasteiger partial charge on any atom is -0.480 e. The molecule has 1 aromatic heterocycles. The number of aromatic nitrogens is 2. The summed E-state index contributed by atoms with van der Waals surface area (Å²) in [6.07, 6.45) is 0.244. The van der Waals surface area contributed by atoms with E-state index in [0.717, 1.165) is 10.7 Å². The first-order valence-corrected chi connectivity index (χ1v) is 7.68. The number of carboxylic acids is 1. The lowest BCUT2D eigenvalue weighted by atomic mass is 10.0. The van der Waals surface area contributed by atoms with Crippen molar-refractivity contribution in [3.8, 4) is 5.69 Å². The molecule has 0 fully saturated rings. The van der Waals surface area contributed by atoms with E-state index in [2.05, 4.69) is 10.4 Å². The molecule has 132 valence electrons. The predicted molar refractivity (Wildman–Crippen MR) is 88.1 cm³/mol. The lowest BCUT2D eigenvalue weighted by Crippen LogP contribution is -2.42. The highest BCUT2D eigenvalue weighted by Crippen LogP contribution is 2.10. The topological polar surface area (TPSA) is 101 Å². The van der Waals surface area contributed by atoms with Crippen LogP contribution in [-0.4, -0.2) is 32.8 Å². The first-order valence-electron chi connectivity index (χ1n) is 7.68. The van der Waals surface area contributed by atoms with Crippen LogP contribution in [0, 0.1) is 11.7 Å². The van der Waals surface area contributed by atoms with Crippen molar-refractivity contribution in [3.63, 3.8) is 0 Å². The van der Waals surface area contributed by atoms with Crippen molar-refractivity contribution >= 4 is 11.9 Å². The summed E-state index contributed by atoms with van der Waals surface area (Å²) in [4.78, 5) is 35.5. The Bertz CT molecular complexity index is 848. The summed E-state index contributed by atoms with van der Waals surface area (Å²) < 4.78 is 14.6. The van der Waals surface area contributed by atoms with Crippen LogP contribution in [0.25, 0.3) is 5.69 Å². The number of nitrogens with zero attached hydrogens (tertiary/aromatic N) is 2. The standard InChI is InChI=1S/C17H18FN3O4/c1-10(2)9-13(17(24)25)19-16(23)12-7-8-15(22)21(20-12)14-6-4-3-5-11(14)18/h3-8,10,13H,9H2,1-2H3,(H,19,23)(H,24,25)/t13-/m0/s1. The maximum absolute atomic E-state index is 13.9. The molecule has 0 aliphatic rings. The van der Waals surface area contributed by atoms with Gasteiger partial charge in [-0.15, -0.1) is 0 Å². The van der Waals surface area contributed by atoms with Gasteiger partial charge in [-0.2, -0.15) is 9.78 Å². The second kappa shape index (κ2) is 7.69. The van der Waals surface area contributed by atoms with Crippen LogP contribution in [0.5, 0.6) is 0 Å². The molecule has 7 nitrogen and oxygen atoms in total. The number of para-hydroxylation sites is 1. The van der Waals surface area contributed by atoms with Gasteiger partial charge in [-0.05, 0) is 30.5 Å². The van der Waals surface area contributed by atoms with E-state index in [0.29, 0.717) is 0 Å². The molecule has 0 unspecified atom stereocenters. The molecular formula is C17H18FN3O4. The number of carboxylic acid groups (broad SMARTS) is 1. The highest BCUT2D eigenvalue weighted by molar-refractivity contribution is 5.94. The van der Waals surface area contributed by atoms with E-state index in [1.54, 1.807) is 0 Å². The Morgan fingerprint density at radius 3 is 2.52 bits per heavy atom. The third kappa shape index (κ3) is 4.50. The van der Waals surface area contributed by atoms with E-state index in [1.165, 1.54) is 30.3 Å². The van der Waals surface area contributed by atoms with Gasteiger partial charge < -0.3 is 10.4 Å². The summed E-state index contributed by atoms with van der Waals surface area (Å²) >= 11 is 0. The Morgan fingerprint density at radius 1 is 1.24 bits per heavy atom. The lowest BCUT2D eigenvalue weighted by molar-refractivity contribution is -0.139. The van der Waals surface area contributed by atoms with Crippen LogP contribution in [-0.2, 0) is 4.79 Å². The molecule has 1 atom stereocenters. The zero-order chi connectivity index (χ0) is 18.6. The zero-order valence-corrected chi connectivity index (χ0v) is 13.8. The first kappa shape index (κ1) is 18.3. The van der Waals surface area contributed by atoms with Gasteiger partial charge in [0.05, 0.1) is 0 Å². The van der Waals surface area contributed by atoms with Gasteiger partial charge >= 0.3 is 5.97 Å². The van der Waals surface area contributed by atoms with Gasteiger partial charge in [0, 0.05) is 6.07 Å². The van der Waals surface area contributed by atoms with E-state index in [1.807, 2.05) is 13.8 Å². The summed E-state index contributed by atoms with van der Waals surface area (Å²) in [6, 6.07) is 6.68. The van der Waals surface area contributed by atoms with Gasteiger partial charge in [-0.25, -0.2) is 9.18 Å². The minimum atomic E-state index is -1.16. The largest absolute Gasteiger partial charge is 0.480 e. The van der Waals surface area contributed by atoms with E-state index in [9.17, 15) is 23.9 Å². The van der Waals surface area contributed by atoms with Crippen LogP contribution >= 0.6 is 0 Å². The summed E-state index contributed by atoms with van der Waals surface area (Å²) in [6.45, 7) is 3.66. The fourth-order valence-electron chi connectivity index (χ4n) is 2.25. The number of benzene rings is 1. The average molecular weight is 347 g/mol. The minimum absolute atomic E-state index is 0.0572. The molecule has 1 aromatic carbocycles. The van der Waals surface area contributed by atoms with Crippen molar-refractivity contribution in [2.24, 2.45) is 5.92 Å². The van der Waals surface area contributed by atoms with Crippen LogP contribution in [0.15, 0.2) is 41.2 Å². The Labute approximate surface area is 143 Å². The summed E-state index contributed by atoms with van der Waals surface area (Å²) in [5.41, 5.74) is -0.893. The van der Waals surface area contributed by atoms with Crippen LogP contribution in [0.2, 0.25) is 0 Å². The van der Waals surface area contributed by atoms with Crippen molar-refractivity contribution in [1.29, 1.82) is 0 Å². The number of carbonyl (C=O) groups excluding carboxylic acids is 1. The number of halogens is 1. The van der Waals surface area contributed by atoms with Crippen LogP contribution in [0.3, 0.4) is 0 Å². The molecule has 0 spiro atoms. The average Bonchev–Trinajstić information content (AvgIpc) is 2.55. The Balaban J connectivity index is 2.33. The number of hydrogen-bond acceptors (Lipinski definition) is 4. The van der Waals surface area contributed by atoms with E-state index in [-0.39, 0.29) is 23.7 Å². The van der Waals surface area contributed by atoms with Crippen molar-refractivity contribution in [2.45, 2.75) is 26.3 Å². The van der Waals surface area contributed by atoms with E-state index >= 15 is 0 Å². The number of rotatable bonds is 6. The quantitative estimate of drug-likeness (QED) is 0.826. The fraction of sp³-hybridized carbons (Fsp3) is 0.294. The molecule has 8 heteroatoms. The molecule has 1 amide bonds. The number of aliphatic carboxylic acids is 1. The SMILES string of the molecule is CC(C)C[C@H](NC(=O)c1ccc(=O)n(-c2ccccc2F)n1)C(=O)O. The van der Waals surface area contributed by atoms with Gasteiger partial charge in [0.1, 0.15) is 23.2 Å². The van der Waals surface area contributed by atoms with Gasteiger partial charge in [0.25, 0.3) is 11.5 Å². The van der Waals surface area contributed by atoms with Crippen LogP contribution < -0.4 is 10.9 Å². The number of hydrogen-bond donors (Lipinski definition) is 2. The van der Waals surface area contributed by atoms with E-state index < -0.39 is 29.3 Å². The molecule has 0 saturated heterocycles. The molecule has 0 aliphatic carbocycles. The van der Waals surface area contributed by atoms with E-state index in [4.69, 9.17) is 0 Å². The molecule has 0 aliphatic heterocycles. The van der Waals surface area contributed by atoms with Gasteiger partial charge in [0.2, 0.25) is 0 Å². The summed E-state index contributed by atoms with van der Waals surface area (Å²) in [7, 11) is 0.